The summed E-state index contributed by atoms with van der Waals surface area (Å²) < 4.78 is 25.9. The van der Waals surface area contributed by atoms with E-state index in [1.54, 1.807) is 0 Å². The van der Waals surface area contributed by atoms with E-state index in [0.717, 1.165) is 22.7 Å². The Balaban J connectivity index is 1.92. The zero-order chi connectivity index (χ0) is 20.7. The Bertz CT molecular complexity index is 1020. The van der Waals surface area contributed by atoms with Gasteiger partial charge < -0.3 is 5.32 Å². The summed E-state index contributed by atoms with van der Waals surface area (Å²) in [6.07, 6.45) is 1.75. The second-order valence-electron chi connectivity index (χ2n) is 7.96. The molecule has 0 heterocycles. The third kappa shape index (κ3) is 3.81. The van der Waals surface area contributed by atoms with Crippen LogP contribution in [0.1, 0.15) is 54.2 Å². The molecule has 0 aromatic heterocycles. The topological polar surface area (TPSA) is 66.5 Å². The van der Waals surface area contributed by atoms with Gasteiger partial charge >= 0.3 is 0 Å². The van der Waals surface area contributed by atoms with Crippen LogP contribution >= 0.6 is 11.6 Å². The molecule has 1 unspecified atom stereocenters. The molecular formula is C21H25ClN2O3S. The fourth-order valence-electron chi connectivity index (χ4n) is 3.65. The Labute approximate surface area is 171 Å². The fraction of sp³-hybridized carbons (Fsp3) is 0.381. The Morgan fingerprint density at radius 3 is 2.54 bits per heavy atom. The molecule has 0 aliphatic heterocycles. The van der Waals surface area contributed by atoms with Crippen LogP contribution in [0.3, 0.4) is 0 Å². The van der Waals surface area contributed by atoms with Crippen LogP contribution in [0.25, 0.3) is 0 Å². The summed E-state index contributed by atoms with van der Waals surface area (Å²) in [5.74, 6) is -0.375. The minimum absolute atomic E-state index is 0.0391. The number of fused-ring (bicyclic) bond motifs is 1. The first-order valence-electron chi connectivity index (χ1n) is 9.16. The zero-order valence-electron chi connectivity index (χ0n) is 16.5. The highest BCUT2D eigenvalue weighted by Gasteiger charge is 2.33. The van der Waals surface area contributed by atoms with E-state index in [0.29, 0.717) is 0 Å². The molecule has 0 saturated carbocycles. The summed E-state index contributed by atoms with van der Waals surface area (Å²) >= 11 is 6.21. The Morgan fingerprint density at radius 1 is 1.18 bits per heavy atom. The molecule has 150 valence electrons. The molecule has 3 rings (SSSR count). The molecule has 1 aliphatic carbocycles. The molecule has 1 atom stereocenters. The number of sulfonamides is 1. The molecule has 0 saturated heterocycles. The Kier molecular flexibility index (Phi) is 5.58. The van der Waals surface area contributed by atoms with E-state index in [9.17, 15) is 13.2 Å². The highest BCUT2D eigenvalue weighted by molar-refractivity contribution is 7.89. The molecule has 0 radical (unpaired) electrons. The van der Waals surface area contributed by atoms with Crippen LogP contribution in [0.4, 0.5) is 0 Å². The SMILES string of the molecule is CN(C)S(=O)(=O)c1ccc(Cl)c(C(=O)NC2CCC(C)(C)c3ccccc32)c1. The molecule has 2 aromatic carbocycles. The van der Waals surface area contributed by atoms with Crippen molar-refractivity contribution < 1.29 is 13.2 Å². The molecule has 1 amide bonds. The molecule has 2 aromatic rings. The third-order valence-corrected chi connectivity index (χ3v) is 7.53. The molecule has 28 heavy (non-hydrogen) atoms. The van der Waals surface area contributed by atoms with Crippen molar-refractivity contribution in [2.75, 3.05) is 14.1 Å². The van der Waals surface area contributed by atoms with Crippen LogP contribution in [0.15, 0.2) is 47.4 Å². The number of amides is 1. The third-order valence-electron chi connectivity index (χ3n) is 5.39. The van der Waals surface area contributed by atoms with Gasteiger partial charge in [-0.05, 0) is 47.6 Å². The van der Waals surface area contributed by atoms with E-state index in [-0.39, 0.29) is 32.8 Å². The van der Waals surface area contributed by atoms with E-state index in [2.05, 4.69) is 25.2 Å². The number of nitrogens with zero attached hydrogens (tertiary/aromatic N) is 1. The minimum atomic E-state index is -3.65. The first kappa shape index (κ1) is 20.8. The number of benzene rings is 2. The number of halogens is 1. The van der Waals surface area contributed by atoms with Gasteiger partial charge in [-0.3, -0.25) is 4.79 Å². The van der Waals surface area contributed by atoms with E-state index < -0.39 is 10.0 Å². The first-order valence-corrected chi connectivity index (χ1v) is 11.0. The predicted molar refractivity (Wildman–Crippen MR) is 111 cm³/mol. The average Bonchev–Trinajstić information content (AvgIpc) is 2.64. The average molecular weight is 421 g/mol. The van der Waals surface area contributed by atoms with Crippen molar-refractivity contribution in [3.05, 3.63) is 64.2 Å². The highest BCUT2D eigenvalue weighted by atomic mass is 35.5. The summed E-state index contributed by atoms with van der Waals surface area (Å²) in [6.45, 7) is 4.41. The molecule has 1 aliphatic rings. The van der Waals surface area contributed by atoms with Gasteiger partial charge in [0.25, 0.3) is 5.91 Å². The summed E-state index contributed by atoms with van der Waals surface area (Å²) in [5.41, 5.74) is 2.53. The lowest BCUT2D eigenvalue weighted by Gasteiger charge is -2.37. The maximum absolute atomic E-state index is 12.9. The quantitative estimate of drug-likeness (QED) is 0.808. The fourth-order valence-corrected chi connectivity index (χ4v) is 4.78. The molecule has 7 heteroatoms. The summed E-state index contributed by atoms with van der Waals surface area (Å²) in [6, 6.07) is 12.2. The van der Waals surface area contributed by atoms with Gasteiger partial charge in [0.1, 0.15) is 0 Å². The van der Waals surface area contributed by atoms with Gasteiger partial charge in [-0.15, -0.1) is 0 Å². The lowest BCUT2D eigenvalue weighted by atomic mass is 9.71. The van der Waals surface area contributed by atoms with Crippen molar-refractivity contribution in [1.82, 2.24) is 9.62 Å². The number of carbonyl (C=O) groups is 1. The summed E-state index contributed by atoms with van der Waals surface area (Å²) in [4.78, 5) is 13.0. The lowest BCUT2D eigenvalue weighted by molar-refractivity contribution is 0.0929. The van der Waals surface area contributed by atoms with Crippen molar-refractivity contribution >= 4 is 27.5 Å². The molecule has 5 nitrogen and oxygen atoms in total. The summed E-state index contributed by atoms with van der Waals surface area (Å²) in [7, 11) is -0.755. The molecule has 1 N–H and O–H groups in total. The maximum Gasteiger partial charge on any atom is 0.253 e. The lowest BCUT2D eigenvalue weighted by Crippen LogP contribution is -2.36. The summed E-state index contributed by atoms with van der Waals surface area (Å²) in [5, 5.41) is 3.27. The van der Waals surface area contributed by atoms with Crippen LogP contribution in [0, 0.1) is 0 Å². The molecule has 0 fully saturated rings. The second kappa shape index (κ2) is 7.50. The van der Waals surface area contributed by atoms with Crippen molar-refractivity contribution in [1.29, 1.82) is 0 Å². The van der Waals surface area contributed by atoms with Crippen LogP contribution in [-0.2, 0) is 15.4 Å². The van der Waals surface area contributed by atoms with Crippen LogP contribution in [0.5, 0.6) is 0 Å². The number of nitrogens with one attached hydrogen (secondary N) is 1. The van der Waals surface area contributed by atoms with E-state index in [4.69, 9.17) is 11.6 Å². The highest BCUT2D eigenvalue weighted by Crippen LogP contribution is 2.41. The number of hydrogen-bond acceptors (Lipinski definition) is 3. The molecule has 0 spiro atoms. The van der Waals surface area contributed by atoms with Crippen LogP contribution in [-0.4, -0.2) is 32.7 Å². The van der Waals surface area contributed by atoms with Crippen molar-refractivity contribution in [3.8, 4) is 0 Å². The van der Waals surface area contributed by atoms with E-state index >= 15 is 0 Å². The maximum atomic E-state index is 12.9. The largest absolute Gasteiger partial charge is 0.345 e. The van der Waals surface area contributed by atoms with Gasteiger partial charge in [-0.1, -0.05) is 49.7 Å². The zero-order valence-corrected chi connectivity index (χ0v) is 18.1. The van der Waals surface area contributed by atoms with Gasteiger partial charge in [-0.25, -0.2) is 12.7 Å². The van der Waals surface area contributed by atoms with Gasteiger partial charge in [0.05, 0.1) is 21.5 Å². The van der Waals surface area contributed by atoms with Gasteiger partial charge in [0.2, 0.25) is 10.0 Å². The number of carbonyl (C=O) groups excluding carboxylic acids is 1. The molecule has 0 bridgehead atoms. The monoisotopic (exact) mass is 420 g/mol. The number of rotatable bonds is 4. The van der Waals surface area contributed by atoms with Gasteiger partial charge in [-0.2, -0.15) is 0 Å². The van der Waals surface area contributed by atoms with Crippen LogP contribution < -0.4 is 5.32 Å². The standard InChI is InChI=1S/C21H25ClN2O3S/c1-21(2)12-11-19(15-7-5-6-8-17(15)21)23-20(25)16-13-14(9-10-18(16)22)28(26,27)24(3)4/h5-10,13,19H,11-12H2,1-4H3,(H,23,25). The van der Waals surface area contributed by atoms with E-state index in [1.165, 1.54) is 37.9 Å². The van der Waals surface area contributed by atoms with Crippen LogP contribution in [0.2, 0.25) is 5.02 Å². The van der Waals surface area contributed by atoms with Crippen molar-refractivity contribution in [2.24, 2.45) is 0 Å². The van der Waals surface area contributed by atoms with E-state index in [1.807, 2.05) is 18.2 Å². The molecular weight excluding hydrogens is 396 g/mol. The smallest absolute Gasteiger partial charge is 0.253 e. The first-order chi connectivity index (χ1) is 13.0. The van der Waals surface area contributed by atoms with Crippen molar-refractivity contribution in [3.63, 3.8) is 0 Å². The number of hydrogen-bond donors (Lipinski definition) is 1. The normalized spacial score (nSPS) is 18.6. The minimum Gasteiger partial charge on any atom is -0.345 e. The second-order valence-corrected chi connectivity index (χ2v) is 10.5. The van der Waals surface area contributed by atoms with Gasteiger partial charge in [0, 0.05) is 14.1 Å². The Hall–Kier alpha value is -1.89. The Morgan fingerprint density at radius 2 is 1.86 bits per heavy atom. The predicted octanol–water partition coefficient (Wildman–Crippen LogP) is 4.13. The van der Waals surface area contributed by atoms with Gasteiger partial charge in [0.15, 0.2) is 0 Å². The van der Waals surface area contributed by atoms with Crippen molar-refractivity contribution in [2.45, 2.75) is 43.0 Å².